The van der Waals surface area contributed by atoms with E-state index in [4.69, 9.17) is 9.78 Å². The molecule has 0 aliphatic heterocycles. The molecule has 94 valence electrons. The summed E-state index contributed by atoms with van der Waals surface area (Å²) in [6.07, 6.45) is 0. The minimum Gasteiger partial charge on any atom is -0.290 e. The second kappa shape index (κ2) is 5.13. The lowest BCUT2D eigenvalue weighted by Crippen LogP contribution is -2.04. The summed E-state index contributed by atoms with van der Waals surface area (Å²) in [5.74, 6) is 1.52. The smallest absolute Gasteiger partial charge is 0.181 e. The van der Waals surface area contributed by atoms with Crippen LogP contribution in [0.4, 0.5) is 0 Å². The van der Waals surface area contributed by atoms with E-state index < -0.39 is 0 Å². The lowest BCUT2D eigenvalue weighted by Gasteiger charge is -2.12. The Morgan fingerprint density at radius 3 is 1.39 bits per heavy atom. The summed E-state index contributed by atoms with van der Waals surface area (Å²) in [6, 6.07) is 11.9. The number of aryl methyl sites for hydroxylation is 2. The van der Waals surface area contributed by atoms with E-state index in [1.54, 1.807) is 0 Å². The first-order valence-corrected chi connectivity index (χ1v) is 6.06. The van der Waals surface area contributed by atoms with Gasteiger partial charge in [0, 0.05) is 0 Å². The van der Waals surface area contributed by atoms with Crippen LogP contribution in [0.5, 0.6) is 11.5 Å². The minimum absolute atomic E-state index is 0.760. The lowest BCUT2D eigenvalue weighted by molar-refractivity contribution is -0.101. The Bertz CT molecular complexity index is 508. The molecule has 0 aliphatic carbocycles. The van der Waals surface area contributed by atoms with Gasteiger partial charge in [-0.25, -0.2) is 0 Å². The van der Waals surface area contributed by atoms with Crippen LogP contribution in [-0.2, 0) is 0 Å². The van der Waals surface area contributed by atoms with E-state index in [2.05, 4.69) is 26.0 Å². The zero-order chi connectivity index (χ0) is 13.1. The molecule has 0 amide bonds. The average Bonchev–Trinajstić information content (AvgIpc) is 2.36. The molecule has 0 saturated heterocycles. The quantitative estimate of drug-likeness (QED) is 0.590. The third-order valence-corrected chi connectivity index (χ3v) is 3.33. The number of benzene rings is 2. The molecule has 0 fully saturated rings. The molecule has 2 heteroatoms. The second-order valence-electron chi connectivity index (χ2n) is 4.56. The topological polar surface area (TPSA) is 18.5 Å². The van der Waals surface area contributed by atoms with E-state index in [-0.39, 0.29) is 0 Å². The molecule has 18 heavy (non-hydrogen) atoms. The Morgan fingerprint density at radius 2 is 1.00 bits per heavy atom. The summed E-state index contributed by atoms with van der Waals surface area (Å²) >= 11 is 0. The Morgan fingerprint density at radius 1 is 0.611 bits per heavy atom. The highest BCUT2D eigenvalue weighted by molar-refractivity contribution is 5.40. The van der Waals surface area contributed by atoms with E-state index >= 15 is 0 Å². The zero-order valence-electron chi connectivity index (χ0n) is 11.3. The zero-order valence-corrected chi connectivity index (χ0v) is 11.3. The van der Waals surface area contributed by atoms with E-state index in [1.165, 1.54) is 11.1 Å². The Labute approximate surface area is 108 Å². The van der Waals surface area contributed by atoms with Gasteiger partial charge in [-0.15, -0.1) is 0 Å². The molecule has 2 aromatic carbocycles. The van der Waals surface area contributed by atoms with Gasteiger partial charge in [-0.3, -0.25) is 9.78 Å². The van der Waals surface area contributed by atoms with Crippen molar-refractivity contribution in [3.8, 4) is 11.5 Å². The van der Waals surface area contributed by atoms with Gasteiger partial charge < -0.3 is 0 Å². The molecule has 0 spiro atoms. The van der Waals surface area contributed by atoms with Crippen molar-refractivity contribution in [3.63, 3.8) is 0 Å². The summed E-state index contributed by atoms with van der Waals surface area (Å²) in [7, 11) is 0. The summed E-state index contributed by atoms with van der Waals surface area (Å²) < 4.78 is 0. The first kappa shape index (κ1) is 12.5. The molecule has 0 heterocycles. The fourth-order valence-corrected chi connectivity index (χ4v) is 1.72. The predicted molar refractivity (Wildman–Crippen MR) is 73.1 cm³/mol. The maximum Gasteiger partial charge on any atom is 0.181 e. The molecule has 0 atom stereocenters. The predicted octanol–water partition coefficient (Wildman–Crippen LogP) is 4.29. The monoisotopic (exact) mass is 242 g/mol. The molecule has 0 saturated carbocycles. The highest BCUT2D eigenvalue weighted by atomic mass is 17.2. The number of rotatable bonds is 3. The van der Waals surface area contributed by atoms with Gasteiger partial charge in [0.2, 0.25) is 0 Å². The van der Waals surface area contributed by atoms with Crippen molar-refractivity contribution < 1.29 is 9.78 Å². The van der Waals surface area contributed by atoms with Crippen LogP contribution in [0.1, 0.15) is 22.3 Å². The van der Waals surface area contributed by atoms with Crippen molar-refractivity contribution in [1.29, 1.82) is 0 Å². The van der Waals surface area contributed by atoms with E-state index in [9.17, 15) is 0 Å². The van der Waals surface area contributed by atoms with E-state index in [0.29, 0.717) is 0 Å². The van der Waals surface area contributed by atoms with Crippen LogP contribution in [0, 0.1) is 27.7 Å². The van der Waals surface area contributed by atoms with Crippen molar-refractivity contribution in [2.24, 2.45) is 0 Å². The maximum atomic E-state index is 5.44. The fourth-order valence-electron chi connectivity index (χ4n) is 1.72. The highest BCUT2D eigenvalue weighted by Gasteiger charge is 2.06. The second-order valence-corrected chi connectivity index (χ2v) is 4.56. The Balaban J connectivity index is 2.17. The van der Waals surface area contributed by atoms with Crippen molar-refractivity contribution in [2.75, 3.05) is 0 Å². The molecule has 2 rings (SSSR count). The average molecular weight is 242 g/mol. The molecule has 0 bridgehead atoms. The van der Waals surface area contributed by atoms with Gasteiger partial charge in [0.1, 0.15) is 0 Å². The van der Waals surface area contributed by atoms with Gasteiger partial charge in [-0.05, 0) is 62.1 Å². The van der Waals surface area contributed by atoms with Crippen molar-refractivity contribution in [2.45, 2.75) is 27.7 Å². The van der Waals surface area contributed by atoms with Crippen LogP contribution in [-0.4, -0.2) is 0 Å². The Kier molecular flexibility index (Phi) is 3.56. The van der Waals surface area contributed by atoms with E-state index in [0.717, 1.165) is 22.6 Å². The van der Waals surface area contributed by atoms with Crippen LogP contribution in [0.2, 0.25) is 0 Å². The SMILES string of the molecule is Cc1cccc(OOc2cccc(C)c2C)c1C. The van der Waals surface area contributed by atoms with Gasteiger partial charge >= 0.3 is 0 Å². The van der Waals surface area contributed by atoms with Crippen LogP contribution < -0.4 is 9.78 Å². The fraction of sp³-hybridized carbons (Fsp3) is 0.250. The largest absolute Gasteiger partial charge is 0.290 e. The molecule has 0 aromatic heterocycles. The molecule has 0 unspecified atom stereocenters. The summed E-state index contributed by atoms with van der Waals surface area (Å²) in [5.41, 5.74) is 4.58. The van der Waals surface area contributed by atoms with Crippen molar-refractivity contribution in [1.82, 2.24) is 0 Å². The van der Waals surface area contributed by atoms with Gasteiger partial charge in [-0.1, -0.05) is 24.3 Å². The van der Waals surface area contributed by atoms with Crippen molar-refractivity contribution >= 4 is 0 Å². The first-order chi connectivity index (χ1) is 8.59. The standard InChI is InChI=1S/C16H18O2/c1-11-7-5-9-15(13(11)3)17-18-16-10-6-8-12(2)14(16)4/h5-10H,1-4H3. The van der Waals surface area contributed by atoms with Gasteiger partial charge in [0.25, 0.3) is 0 Å². The summed E-state index contributed by atoms with van der Waals surface area (Å²) in [6.45, 7) is 8.16. The van der Waals surface area contributed by atoms with Crippen LogP contribution in [0.3, 0.4) is 0 Å². The third-order valence-electron chi connectivity index (χ3n) is 3.33. The molecule has 0 radical (unpaired) electrons. The summed E-state index contributed by atoms with van der Waals surface area (Å²) in [5, 5.41) is 0. The van der Waals surface area contributed by atoms with Gasteiger partial charge in [-0.2, -0.15) is 0 Å². The van der Waals surface area contributed by atoms with E-state index in [1.807, 2.05) is 38.1 Å². The molecule has 2 nitrogen and oxygen atoms in total. The minimum atomic E-state index is 0.760. The maximum absolute atomic E-state index is 5.44. The van der Waals surface area contributed by atoms with Crippen LogP contribution in [0.25, 0.3) is 0 Å². The highest BCUT2D eigenvalue weighted by Crippen LogP contribution is 2.24. The number of hydrogen-bond acceptors (Lipinski definition) is 2. The van der Waals surface area contributed by atoms with Gasteiger partial charge in [0.15, 0.2) is 11.5 Å². The number of hydrogen-bond donors (Lipinski definition) is 0. The molecule has 2 aromatic rings. The molecular weight excluding hydrogens is 224 g/mol. The van der Waals surface area contributed by atoms with Crippen molar-refractivity contribution in [3.05, 3.63) is 58.7 Å². The Hall–Kier alpha value is -1.96. The molecule has 0 aliphatic rings. The lowest BCUT2D eigenvalue weighted by atomic mass is 10.1. The molecular formula is C16H18O2. The normalized spacial score (nSPS) is 10.2. The molecule has 0 N–H and O–H groups in total. The first-order valence-electron chi connectivity index (χ1n) is 6.06. The van der Waals surface area contributed by atoms with Crippen LogP contribution >= 0.6 is 0 Å². The third kappa shape index (κ3) is 2.48. The van der Waals surface area contributed by atoms with Crippen LogP contribution in [0.15, 0.2) is 36.4 Å². The van der Waals surface area contributed by atoms with Gasteiger partial charge in [0.05, 0.1) is 0 Å². The summed E-state index contributed by atoms with van der Waals surface area (Å²) in [4.78, 5) is 10.9.